The van der Waals surface area contributed by atoms with Crippen molar-refractivity contribution in [3.8, 4) is 5.75 Å². The van der Waals surface area contributed by atoms with Gasteiger partial charge in [0.2, 0.25) is 11.9 Å². The lowest BCUT2D eigenvalue weighted by molar-refractivity contribution is -0.264. The molecule has 3 aromatic rings. The van der Waals surface area contributed by atoms with E-state index in [9.17, 15) is 23.7 Å². The van der Waals surface area contributed by atoms with Gasteiger partial charge in [-0.05, 0) is 39.1 Å². The maximum Gasteiger partial charge on any atom is 0.459 e. The summed E-state index contributed by atoms with van der Waals surface area (Å²) in [6, 6.07) is 11.2. The first-order valence-electron chi connectivity index (χ1n) is 13.9. The van der Waals surface area contributed by atoms with E-state index in [0.29, 0.717) is 22.3 Å². The van der Waals surface area contributed by atoms with Crippen LogP contribution in [0.1, 0.15) is 41.0 Å². The molecule has 0 aliphatic rings. The Hall–Kier alpha value is -3.91. The van der Waals surface area contributed by atoms with E-state index in [4.69, 9.17) is 23.3 Å². The smallest absolute Gasteiger partial charge is 0.459 e. The van der Waals surface area contributed by atoms with Gasteiger partial charge in [-0.1, -0.05) is 43.3 Å². The predicted molar refractivity (Wildman–Crippen MR) is 159 cm³/mol. The Morgan fingerprint density at radius 3 is 2.33 bits per heavy atom. The molecule has 2 N–H and O–H groups in total. The van der Waals surface area contributed by atoms with Gasteiger partial charge in [-0.2, -0.15) is 5.09 Å². The van der Waals surface area contributed by atoms with Crippen molar-refractivity contribution < 1.29 is 46.2 Å². The molecule has 1 heterocycles. The van der Waals surface area contributed by atoms with Gasteiger partial charge in [0.05, 0.1) is 6.10 Å². The Morgan fingerprint density at radius 2 is 1.71 bits per heavy atom. The van der Waals surface area contributed by atoms with Gasteiger partial charge in [0.15, 0.2) is 0 Å². The van der Waals surface area contributed by atoms with Crippen LogP contribution in [0.5, 0.6) is 5.75 Å². The van der Waals surface area contributed by atoms with Crippen molar-refractivity contribution in [2.24, 2.45) is 0 Å². The lowest BCUT2D eigenvalue weighted by Gasteiger charge is -2.39. The van der Waals surface area contributed by atoms with Crippen LogP contribution in [-0.2, 0) is 38.7 Å². The van der Waals surface area contributed by atoms with E-state index in [2.05, 4.69) is 5.09 Å². The molecule has 0 saturated heterocycles. The van der Waals surface area contributed by atoms with Crippen molar-refractivity contribution in [3.63, 3.8) is 0 Å². The van der Waals surface area contributed by atoms with E-state index >= 15 is 8.78 Å². The van der Waals surface area contributed by atoms with Crippen LogP contribution in [0.25, 0.3) is 10.8 Å². The Bertz CT molecular complexity index is 1670. The summed E-state index contributed by atoms with van der Waals surface area (Å²) in [7, 11) is -3.98. The van der Waals surface area contributed by atoms with Gasteiger partial charge in [-0.3, -0.25) is 28.5 Å². The zero-order chi connectivity index (χ0) is 33.6. The number of rotatable bonds is 15. The number of carbonyl (C=O) groups excluding carboxylic acids is 2. The minimum atomic E-state index is -4.78. The average Bonchev–Trinajstić information content (AvgIpc) is 2.98. The molecule has 16 heteroatoms. The lowest BCUT2D eigenvalue weighted by Crippen LogP contribution is -2.59. The number of methoxy groups -OCH3 is 1. The van der Waals surface area contributed by atoms with Crippen molar-refractivity contribution in [2.75, 3.05) is 13.7 Å². The molecular weight excluding hydrogens is 619 g/mol. The van der Waals surface area contributed by atoms with Crippen LogP contribution in [0.4, 0.5) is 8.78 Å². The number of halogens is 2. The highest BCUT2D eigenvalue weighted by atomic mass is 31.2. The number of nitrogens with zero attached hydrogens (tertiary/aromatic N) is 1. The minimum absolute atomic E-state index is 0.0271. The van der Waals surface area contributed by atoms with Crippen LogP contribution in [0.3, 0.4) is 0 Å². The van der Waals surface area contributed by atoms with Crippen molar-refractivity contribution >= 4 is 30.5 Å². The van der Waals surface area contributed by atoms with Gasteiger partial charge in [0, 0.05) is 31.2 Å². The summed E-state index contributed by atoms with van der Waals surface area (Å²) in [5, 5.41) is 3.58. The van der Waals surface area contributed by atoms with Gasteiger partial charge >= 0.3 is 25.4 Å². The Balaban J connectivity index is 2.06. The van der Waals surface area contributed by atoms with Gasteiger partial charge in [0.25, 0.3) is 11.4 Å². The highest BCUT2D eigenvalue weighted by Gasteiger charge is 2.57. The summed E-state index contributed by atoms with van der Waals surface area (Å²) in [5.74, 6) is -8.54. The number of aromatic nitrogens is 2. The molecule has 1 aromatic heterocycles. The number of benzene rings is 2. The molecule has 2 unspecified atom stereocenters. The monoisotopic (exact) mass is 655 g/mol. The van der Waals surface area contributed by atoms with Gasteiger partial charge in [-0.25, -0.2) is 18.1 Å². The Morgan fingerprint density at radius 1 is 1.04 bits per heavy atom. The minimum Gasteiger partial charge on any atom is -0.462 e. The molecule has 45 heavy (non-hydrogen) atoms. The second-order valence-corrected chi connectivity index (χ2v) is 12.1. The fourth-order valence-corrected chi connectivity index (χ4v) is 5.75. The molecule has 3 rings (SSSR count). The second kappa shape index (κ2) is 14.5. The number of esters is 2. The first-order chi connectivity index (χ1) is 21.0. The third-order valence-corrected chi connectivity index (χ3v) is 8.11. The van der Waals surface area contributed by atoms with Crippen LogP contribution in [0.2, 0.25) is 0 Å². The topological polar surface area (TPSA) is 164 Å². The molecule has 0 bridgehead atoms. The third kappa shape index (κ3) is 8.63. The molecule has 5 atom stereocenters. The lowest BCUT2D eigenvalue weighted by atomic mass is 10.0. The molecule has 0 aliphatic carbocycles. The fourth-order valence-electron chi connectivity index (χ4n) is 4.23. The van der Waals surface area contributed by atoms with Crippen LogP contribution in [0.15, 0.2) is 64.3 Å². The summed E-state index contributed by atoms with van der Waals surface area (Å²) in [6.07, 6.45) is -2.68. The number of hydrogen-bond donors (Lipinski definition) is 2. The number of alkyl halides is 2. The zero-order valence-corrected chi connectivity index (χ0v) is 26.5. The maximum atomic E-state index is 16.7. The Kier molecular flexibility index (Phi) is 11.4. The highest BCUT2D eigenvalue weighted by molar-refractivity contribution is 7.52. The zero-order valence-electron chi connectivity index (χ0n) is 25.6. The number of fused-ring (bicyclic) bond motifs is 1. The number of H-pyrrole nitrogens is 1. The Labute approximate surface area is 257 Å². The number of aromatic amines is 1. The third-order valence-electron chi connectivity index (χ3n) is 6.50. The molecule has 0 spiro atoms. The van der Waals surface area contributed by atoms with E-state index in [0.717, 1.165) is 19.4 Å². The second-order valence-electron chi connectivity index (χ2n) is 10.4. The standard InChI is InChI=1S/C29H36F2N3O10P/c1-7-24(36)43-26(28(5,30)34-16-15-23(35)32-27(34)38)29(31,40-6)17-41-45(39,33-19(4)25(37)42-18(2)3)44-22-14-10-12-20-11-8-9-13-21(20)22/h8-16,18-19,26H,7,17H2,1-6H3,(H,33,39)(H,32,35,38)/t19?,26-,28-,29+,45?/m0/s1. The fraction of sp³-hybridized carbons (Fsp3) is 0.448. The van der Waals surface area contributed by atoms with E-state index in [1.165, 1.54) is 19.9 Å². The summed E-state index contributed by atoms with van der Waals surface area (Å²) >= 11 is 0. The van der Waals surface area contributed by atoms with Gasteiger partial charge in [0.1, 0.15) is 18.4 Å². The van der Waals surface area contributed by atoms with Crippen LogP contribution in [0, 0.1) is 0 Å². The summed E-state index contributed by atoms with van der Waals surface area (Å²) in [5.41, 5.74) is -2.15. The summed E-state index contributed by atoms with van der Waals surface area (Å²) in [4.78, 5) is 50.8. The van der Waals surface area contributed by atoms with Gasteiger partial charge < -0.3 is 18.7 Å². The average molecular weight is 656 g/mol. The molecule has 2 aromatic carbocycles. The van der Waals surface area contributed by atoms with Crippen molar-refractivity contribution in [1.29, 1.82) is 0 Å². The quantitative estimate of drug-likeness (QED) is 0.179. The molecule has 0 fully saturated rings. The normalized spacial score (nSPS) is 17.0. The van der Waals surface area contributed by atoms with E-state index in [-0.39, 0.29) is 12.2 Å². The molecular formula is C29H36F2N3O10P. The van der Waals surface area contributed by atoms with Crippen LogP contribution < -0.4 is 20.9 Å². The van der Waals surface area contributed by atoms with Crippen molar-refractivity contribution in [3.05, 3.63) is 75.6 Å². The van der Waals surface area contributed by atoms with E-state index in [1.807, 2.05) is 4.98 Å². The van der Waals surface area contributed by atoms with Crippen LogP contribution in [-0.4, -0.2) is 59.3 Å². The van der Waals surface area contributed by atoms with Crippen LogP contribution >= 0.6 is 7.75 Å². The molecule has 246 valence electrons. The van der Waals surface area contributed by atoms with Crippen molar-refractivity contribution in [1.82, 2.24) is 14.6 Å². The molecule has 13 nitrogen and oxygen atoms in total. The first kappa shape index (κ1) is 35.6. The number of ether oxygens (including phenoxy) is 3. The molecule has 0 radical (unpaired) electrons. The maximum absolute atomic E-state index is 16.7. The van der Waals surface area contributed by atoms with E-state index < -0.39 is 67.4 Å². The van der Waals surface area contributed by atoms with Crippen molar-refractivity contribution in [2.45, 2.75) is 70.9 Å². The number of hydrogen-bond acceptors (Lipinski definition) is 10. The largest absolute Gasteiger partial charge is 0.462 e. The predicted octanol–water partition coefficient (Wildman–Crippen LogP) is 4.10. The molecule has 0 amide bonds. The molecule has 0 aliphatic heterocycles. The summed E-state index contributed by atoms with van der Waals surface area (Å²) < 4.78 is 74.1. The first-order valence-corrected chi connectivity index (χ1v) is 15.4. The van der Waals surface area contributed by atoms with E-state index in [1.54, 1.807) is 50.2 Å². The highest BCUT2D eigenvalue weighted by Crippen LogP contribution is 2.48. The summed E-state index contributed by atoms with van der Waals surface area (Å²) in [6.45, 7) is 5.16. The van der Waals surface area contributed by atoms with Gasteiger partial charge in [-0.15, -0.1) is 0 Å². The molecule has 0 saturated carbocycles. The number of carbonyl (C=O) groups is 2. The number of nitrogens with one attached hydrogen (secondary N) is 2. The SMILES string of the molecule is CCC(=O)O[C@H]([C@@](F)(COP(=O)(NC(C)C(=O)OC(C)C)Oc1cccc2ccccc12)OC)[C@@](C)(F)n1ccc(=O)[nH]c1=O.